The molecule has 1 aromatic carbocycles. The highest BCUT2D eigenvalue weighted by molar-refractivity contribution is 6.00. The van der Waals surface area contributed by atoms with E-state index in [4.69, 9.17) is 5.11 Å². The number of urea groups is 1. The molecule has 1 aromatic rings. The van der Waals surface area contributed by atoms with E-state index in [1.54, 1.807) is 0 Å². The number of nitrogens with one attached hydrogen (secondary N) is 2. The normalized spacial score (nSPS) is 16.5. The number of hydrogen-bond donors (Lipinski definition) is 3. The minimum atomic E-state index is -1.28. The molecular weight excluding hydrogens is 275 g/mol. The fourth-order valence-corrected chi connectivity index (χ4v) is 2.69. The molecule has 0 spiro atoms. The number of para-hydroxylation sites is 1. The summed E-state index contributed by atoms with van der Waals surface area (Å²) >= 11 is 0. The zero-order valence-electron chi connectivity index (χ0n) is 11.9. The molecule has 0 aliphatic heterocycles. The Labute approximate surface area is 122 Å². The van der Waals surface area contributed by atoms with Gasteiger partial charge in [0.05, 0.1) is 11.3 Å². The molecule has 1 aliphatic carbocycles. The quantitative estimate of drug-likeness (QED) is 0.797. The summed E-state index contributed by atoms with van der Waals surface area (Å²) in [6, 6.07) is 3.07. The lowest BCUT2D eigenvalue weighted by Crippen LogP contribution is -2.37. The number of halogens is 1. The molecule has 0 atom stereocenters. The van der Waals surface area contributed by atoms with E-state index in [0.717, 1.165) is 31.7 Å². The van der Waals surface area contributed by atoms with Crippen LogP contribution >= 0.6 is 0 Å². The van der Waals surface area contributed by atoms with Gasteiger partial charge in [-0.1, -0.05) is 25.8 Å². The van der Waals surface area contributed by atoms with Crippen LogP contribution in [0.3, 0.4) is 0 Å². The van der Waals surface area contributed by atoms with E-state index in [-0.39, 0.29) is 16.7 Å². The van der Waals surface area contributed by atoms with Gasteiger partial charge in [0.15, 0.2) is 0 Å². The van der Waals surface area contributed by atoms with Crippen LogP contribution in [-0.2, 0) is 0 Å². The molecule has 5 nitrogen and oxygen atoms in total. The Morgan fingerprint density at radius 3 is 2.62 bits per heavy atom. The third kappa shape index (κ3) is 3.71. The third-order valence-corrected chi connectivity index (χ3v) is 3.97. The topological polar surface area (TPSA) is 78.4 Å². The zero-order valence-corrected chi connectivity index (χ0v) is 11.9. The first-order valence-corrected chi connectivity index (χ1v) is 6.98. The predicted octanol–water partition coefficient (Wildman–Crippen LogP) is 3.23. The van der Waals surface area contributed by atoms with Crippen molar-refractivity contribution in [3.05, 3.63) is 29.6 Å². The van der Waals surface area contributed by atoms with Crippen molar-refractivity contribution in [3.8, 4) is 0 Å². The van der Waals surface area contributed by atoms with Gasteiger partial charge in [0.25, 0.3) is 0 Å². The summed E-state index contributed by atoms with van der Waals surface area (Å²) in [5.74, 6) is -2.05. The maximum Gasteiger partial charge on any atom is 0.337 e. The molecule has 1 fully saturated rings. The van der Waals surface area contributed by atoms with Crippen molar-refractivity contribution in [2.45, 2.75) is 32.6 Å². The summed E-state index contributed by atoms with van der Waals surface area (Å²) in [5.41, 5.74) is -0.501. The van der Waals surface area contributed by atoms with Gasteiger partial charge < -0.3 is 15.7 Å². The summed E-state index contributed by atoms with van der Waals surface area (Å²) in [4.78, 5) is 22.9. The van der Waals surface area contributed by atoms with Gasteiger partial charge in [-0.25, -0.2) is 14.0 Å². The second kappa shape index (κ2) is 6.11. The number of carboxylic acid groups (broad SMARTS) is 1. The SMILES string of the molecule is CC1(CNC(=O)Nc2c(F)cccc2C(=O)O)CCCC1. The smallest absolute Gasteiger partial charge is 0.337 e. The van der Waals surface area contributed by atoms with Gasteiger partial charge in [0, 0.05) is 6.54 Å². The fraction of sp³-hybridized carbons (Fsp3) is 0.467. The first-order valence-electron chi connectivity index (χ1n) is 6.98. The Bertz CT molecular complexity index is 554. The minimum Gasteiger partial charge on any atom is -0.478 e. The van der Waals surface area contributed by atoms with Crippen molar-refractivity contribution < 1.29 is 19.1 Å². The fourth-order valence-electron chi connectivity index (χ4n) is 2.69. The van der Waals surface area contributed by atoms with Crippen LogP contribution in [0.2, 0.25) is 0 Å². The highest BCUT2D eigenvalue weighted by atomic mass is 19.1. The molecule has 114 valence electrons. The monoisotopic (exact) mass is 294 g/mol. The molecule has 2 rings (SSSR count). The average Bonchev–Trinajstić information content (AvgIpc) is 2.86. The molecule has 21 heavy (non-hydrogen) atoms. The first kappa shape index (κ1) is 15.3. The summed E-state index contributed by atoms with van der Waals surface area (Å²) < 4.78 is 13.7. The summed E-state index contributed by atoms with van der Waals surface area (Å²) in [6.07, 6.45) is 4.40. The van der Waals surface area contributed by atoms with Gasteiger partial charge in [-0.15, -0.1) is 0 Å². The van der Waals surface area contributed by atoms with E-state index in [9.17, 15) is 14.0 Å². The number of aromatic carboxylic acids is 1. The van der Waals surface area contributed by atoms with E-state index in [0.29, 0.717) is 6.54 Å². The maximum absolute atomic E-state index is 13.7. The number of amides is 2. The predicted molar refractivity (Wildman–Crippen MR) is 77.0 cm³/mol. The summed E-state index contributed by atoms with van der Waals surface area (Å²) in [7, 11) is 0. The number of anilines is 1. The van der Waals surface area contributed by atoms with Crippen molar-refractivity contribution in [2.75, 3.05) is 11.9 Å². The van der Waals surface area contributed by atoms with Gasteiger partial charge >= 0.3 is 12.0 Å². The van der Waals surface area contributed by atoms with Crippen LogP contribution in [0.1, 0.15) is 43.0 Å². The third-order valence-electron chi connectivity index (χ3n) is 3.97. The number of rotatable bonds is 4. The lowest BCUT2D eigenvalue weighted by Gasteiger charge is -2.23. The van der Waals surface area contributed by atoms with Crippen molar-refractivity contribution in [1.29, 1.82) is 0 Å². The first-order chi connectivity index (χ1) is 9.91. The van der Waals surface area contributed by atoms with Crippen LogP contribution in [0.15, 0.2) is 18.2 Å². The largest absolute Gasteiger partial charge is 0.478 e. The van der Waals surface area contributed by atoms with Gasteiger partial charge in [0.1, 0.15) is 5.82 Å². The van der Waals surface area contributed by atoms with E-state index in [1.807, 2.05) is 0 Å². The molecule has 0 unspecified atom stereocenters. The van der Waals surface area contributed by atoms with Crippen molar-refractivity contribution in [3.63, 3.8) is 0 Å². The van der Waals surface area contributed by atoms with Crippen LogP contribution in [0.25, 0.3) is 0 Å². The van der Waals surface area contributed by atoms with Crippen LogP contribution in [0.4, 0.5) is 14.9 Å². The Balaban J connectivity index is 2.01. The molecule has 0 heterocycles. The molecule has 3 N–H and O–H groups in total. The lowest BCUT2D eigenvalue weighted by molar-refractivity contribution is 0.0697. The maximum atomic E-state index is 13.7. The molecule has 0 saturated heterocycles. The van der Waals surface area contributed by atoms with Crippen LogP contribution < -0.4 is 10.6 Å². The second-order valence-electron chi connectivity index (χ2n) is 5.79. The Hall–Kier alpha value is -2.11. The van der Waals surface area contributed by atoms with Crippen LogP contribution in [-0.4, -0.2) is 23.7 Å². The van der Waals surface area contributed by atoms with Gasteiger partial charge in [-0.3, -0.25) is 0 Å². The highest BCUT2D eigenvalue weighted by Gasteiger charge is 2.29. The molecule has 0 bridgehead atoms. The zero-order chi connectivity index (χ0) is 15.5. The van der Waals surface area contributed by atoms with Crippen LogP contribution in [0.5, 0.6) is 0 Å². The molecule has 0 radical (unpaired) electrons. The molecule has 1 aliphatic rings. The number of carbonyl (C=O) groups is 2. The lowest BCUT2D eigenvalue weighted by atomic mass is 9.89. The summed E-state index contributed by atoms with van der Waals surface area (Å²) in [6.45, 7) is 2.60. The standard InChI is InChI=1S/C15H19FN2O3/c1-15(7-2-3-8-15)9-17-14(21)18-12-10(13(19)20)5-4-6-11(12)16/h4-6H,2-3,7-9H2,1H3,(H,19,20)(H2,17,18,21). The van der Waals surface area contributed by atoms with Crippen molar-refractivity contribution >= 4 is 17.7 Å². The van der Waals surface area contributed by atoms with Crippen molar-refractivity contribution in [1.82, 2.24) is 5.32 Å². The molecule has 0 aromatic heterocycles. The Morgan fingerprint density at radius 2 is 2.00 bits per heavy atom. The Kier molecular flexibility index (Phi) is 4.45. The molecule has 2 amide bonds. The highest BCUT2D eigenvalue weighted by Crippen LogP contribution is 2.36. The van der Waals surface area contributed by atoms with E-state index in [2.05, 4.69) is 17.6 Å². The molecular formula is C15H19FN2O3. The van der Waals surface area contributed by atoms with Gasteiger partial charge in [-0.05, 0) is 30.4 Å². The number of carboxylic acids is 1. The summed E-state index contributed by atoms with van der Waals surface area (Å²) in [5, 5.41) is 14.0. The average molecular weight is 294 g/mol. The van der Waals surface area contributed by atoms with Gasteiger partial charge in [-0.2, -0.15) is 0 Å². The number of benzene rings is 1. The second-order valence-corrected chi connectivity index (χ2v) is 5.79. The van der Waals surface area contributed by atoms with Crippen molar-refractivity contribution in [2.24, 2.45) is 5.41 Å². The van der Waals surface area contributed by atoms with E-state index >= 15 is 0 Å². The van der Waals surface area contributed by atoms with Crippen LogP contribution in [0, 0.1) is 11.2 Å². The molecule has 1 saturated carbocycles. The Morgan fingerprint density at radius 1 is 1.33 bits per heavy atom. The van der Waals surface area contributed by atoms with E-state index < -0.39 is 17.8 Å². The van der Waals surface area contributed by atoms with Gasteiger partial charge in [0.2, 0.25) is 0 Å². The minimum absolute atomic E-state index is 0.0716. The van der Waals surface area contributed by atoms with E-state index in [1.165, 1.54) is 12.1 Å². The number of carbonyl (C=O) groups excluding carboxylic acids is 1. The number of hydrogen-bond acceptors (Lipinski definition) is 2. The molecule has 6 heteroatoms.